The van der Waals surface area contributed by atoms with Crippen LogP contribution in [0.5, 0.6) is 0 Å². The van der Waals surface area contributed by atoms with Gasteiger partial charge in [0.15, 0.2) is 9.02 Å². The van der Waals surface area contributed by atoms with Crippen molar-refractivity contribution in [3.8, 4) is 0 Å². The van der Waals surface area contributed by atoms with Crippen molar-refractivity contribution in [3.05, 3.63) is 35.5 Å². The van der Waals surface area contributed by atoms with Crippen LogP contribution in [0.2, 0.25) is 0 Å². The van der Waals surface area contributed by atoms with Crippen LogP contribution in [-0.4, -0.2) is 26.0 Å². The highest BCUT2D eigenvalue weighted by Crippen LogP contribution is 2.37. The minimum Gasteiger partial charge on any atom is -0.348 e. The number of Topliss-reactive ketones (excluding diaryl/α,β-unsaturated/α-hetero) is 1. The molecule has 4 nitrogen and oxygen atoms in total. The molecule has 1 aromatic heterocycles. The SMILES string of the molecule is Cn1c2c(c3ccccc31)C(=O)C(Br)(Br)CNC2=O. The molecule has 1 aliphatic heterocycles. The van der Waals surface area contributed by atoms with Crippen LogP contribution in [0.4, 0.5) is 0 Å². The van der Waals surface area contributed by atoms with Gasteiger partial charge < -0.3 is 9.88 Å². The fraction of sp³-hybridized carbons (Fsp3) is 0.231. The summed E-state index contributed by atoms with van der Waals surface area (Å²) in [5.74, 6) is -0.375. The molecule has 1 amide bonds. The lowest BCUT2D eigenvalue weighted by Gasteiger charge is -2.15. The maximum atomic E-state index is 12.6. The number of nitrogens with zero attached hydrogens (tertiary/aromatic N) is 1. The number of aryl methyl sites for hydroxylation is 1. The van der Waals surface area contributed by atoms with Gasteiger partial charge in [0, 0.05) is 18.0 Å². The van der Waals surface area contributed by atoms with Crippen LogP contribution in [0.25, 0.3) is 10.9 Å². The minimum absolute atomic E-state index is 0.141. The zero-order chi connectivity index (χ0) is 13.8. The van der Waals surface area contributed by atoms with Gasteiger partial charge in [-0.2, -0.15) is 0 Å². The van der Waals surface area contributed by atoms with Crippen LogP contribution in [0.15, 0.2) is 24.3 Å². The molecular formula is C13H10Br2N2O2. The molecular weight excluding hydrogens is 376 g/mol. The third-order valence-corrected chi connectivity index (χ3v) is 4.63. The Labute approximate surface area is 126 Å². The molecule has 0 fully saturated rings. The molecule has 0 saturated carbocycles. The van der Waals surface area contributed by atoms with Gasteiger partial charge in [-0.1, -0.05) is 50.1 Å². The lowest BCUT2D eigenvalue weighted by Crippen LogP contribution is -2.36. The number of carbonyl (C=O) groups excluding carboxylic acids is 2. The Morgan fingerprint density at radius 3 is 2.68 bits per heavy atom. The van der Waals surface area contributed by atoms with Gasteiger partial charge in [0.05, 0.1) is 12.1 Å². The van der Waals surface area contributed by atoms with E-state index >= 15 is 0 Å². The van der Waals surface area contributed by atoms with Crippen molar-refractivity contribution < 1.29 is 9.59 Å². The average molecular weight is 386 g/mol. The summed E-state index contributed by atoms with van der Waals surface area (Å²) in [4.78, 5) is 24.8. The molecule has 1 N–H and O–H groups in total. The molecule has 0 spiro atoms. The van der Waals surface area contributed by atoms with Crippen LogP contribution in [0.3, 0.4) is 0 Å². The maximum absolute atomic E-state index is 12.6. The topological polar surface area (TPSA) is 51.1 Å². The van der Waals surface area contributed by atoms with Crippen LogP contribution >= 0.6 is 31.9 Å². The summed E-state index contributed by atoms with van der Waals surface area (Å²) in [6.07, 6.45) is 0. The standard InChI is InChI=1S/C13H10Br2N2O2/c1-17-8-5-3-2-4-7(8)9-10(17)12(19)16-6-13(14,15)11(9)18/h2-5H,6H2,1H3,(H,16,19). The average Bonchev–Trinajstić information content (AvgIpc) is 2.64. The smallest absolute Gasteiger partial charge is 0.268 e. The van der Waals surface area contributed by atoms with E-state index < -0.39 is 3.23 Å². The molecule has 0 radical (unpaired) electrons. The van der Waals surface area contributed by atoms with Gasteiger partial charge in [-0.25, -0.2) is 0 Å². The summed E-state index contributed by atoms with van der Waals surface area (Å²) < 4.78 is 0.810. The van der Waals surface area contributed by atoms with E-state index in [1.54, 1.807) is 11.6 Å². The number of benzene rings is 1. The Kier molecular flexibility index (Phi) is 2.83. The minimum atomic E-state index is -0.953. The van der Waals surface area contributed by atoms with Gasteiger partial charge in [-0.3, -0.25) is 9.59 Å². The number of fused-ring (bicyclic) bond motifs is 3. The van der Waals surface area contributed by atoms with E-state index in [1.807, 2.05) is 24.3 Å². The molecule has 0 unspecified atom stereocenters. The van der Waals surface area contributed by atoms with Gasteiger partial charge in [0.25, 0.3) is 5.91 Å². The van der Waals surface area contributed by atoms with Crippen LogP contribution < -0.4 is 5.32 Å². The van der Waals surface area contributed by atoms with Crippen LogP contribution in [0, 0.1) is 0 Å². The van der Waals surface area contributed by atoms with Crippen molar-refractivity contribution in [2.75, 3.05) is 6.54 Å². The predicted molar refractivity (Wildman–Crippen MR) is 80.2 cm³/mol. The summed E-state index contributed by atoms with van der Waals surface area (Å²) >= 11 is 6.69. The van der Waals surface area contributed by atoms with E-state index in [-0.39, 0.29) is 18.2 Å². The molecule has 0 bridgehead atoms. The van der Waals surface area contributed by atoms with Crippen molar-refractivity contribution in [2.24, 2.45) is 7.05 Å². The number of para-hydroxylation sites is 1. The van der Waals surface area contributed by atoms with E-state index in [9.17, 15) is 9.59 Å². The molecule has 6 heteroatoms. The third kappa shape index (κ3) is 1.77. The number of aromatic nitrogens is 1. The summed E-state index contributed by atoms with van der Waals surface area (Å²) in [6.45, 7) is 0.202. The Balaban J connectivity index is 2.44. The first kappa shape index (κ1) is 12.9. The summed E-state index contributed by atoms with van der Waals surface area (Å²) in [5, 5.41) is 3.55. The highest BCUT2D eigenvalue weighted by molar-refractivity contribution is 9.26. The van der Waals surface area contributed by atoms with Gasteiger partial charge in [-0.05, 0) is 6.07 Å². The molecule has 0 atom stereocenters. The highest BCUT2D eigenvalue weighted by atomic mass is 79.9. The number of halogens is 2. The summed E-state index contributed by atoms with van der Waals surface area (Å²) in [6, 6.07) is 7.51. The second kappa shape index (κ2) is 4.18. The normalized spacial score (nSPS) is 18.1. The molecule has 3 rings (SSSR count). The number of rotatable bonds is 0. The number of hydrogen-bond acceptors (Lipinski definition) is 2. The van der Waals surface area contributed by atoms with E-state index in [0.717, 1.165) is 10.9 Å². The highest BCUT2D eigenvalue weighted by Gasteiger charge is 2.41. The van der Waals surface area contributed by atoms with Crippen LogP contribution in [0.1, 0.15) is 20.8 Å². The second-order valence-corrected chi connectivity index (χ2v) is 8.29. The Bertz CT molecular complexity index is 719. The Morgan fingerprint density at radius 1 is 1.26 bits per heavy atom. The molecule has 0 saturated heterocycles. The molecule has 19 heavy (non-hydrogen) atoms. The lowest BCUT2D eigenvalue weighted by molar-refractivity contribution is 0.0948. The van der Waals surface area contributed by atoms with Gasteiger partial charge in [0.2, 0.25) is 0 Å². The van der Waals surface area contributed by atoms with E-state index in [4.69, 9.17) is 0 Å². The maximum Gasteiger partial charge on any atom is 0.268 e. The molecule has 1 aliphatic rings. The Hall–Kier alpha value is -1.14. The first-order valence-corrected chi connectivity index (χ1v) is 7.30. The molecule has 2 aromatic rings. The molecule has 1 aromatic carbocycles. The Morgan fingerprint density at radius 2 is 1.95 bits per heavy atom. The monoisotopic (exact) mass is 384 g/mol. The number of hydrogen-bond donors (Lipinski definition) is 1. The number of ketones is 1. The molecule has 2 heterocycles. The number of amides is 1. The number of carbonyl (C=O) groups is 2. The van der Waals surface area contributed by atoms with Crippen molar-refractivity contribution in [1.29, 1.82) is 0 Å². The third-order valence-electron chi connectivity index (χ3n) is 3.35. The van der Waals surface area contributed by atoms with Gasteiger partial charge in [-0.15, -0.1) is 0 Å². The van der Waals surface area contributed by atoms with Crippen molar-refractivity contribution in [3.63, 3.8) is 0 Å². The summed E-state index contributed by atoms with van der Waals surface area (Å²) in [5.41, 5.74) is 1.74. The zero-order valence-corrected chi connectivity index (χ0v) is 13.2. The quantitative estimate of drug-likeness (QED) is 0.708. The van der Waals surface area contributed by atoms with E-state index in [0.29, 0.717) is 11.3 Å². The first-order chi connectivity index (χ1) is 8.93. The summed E-state index contributed by atoms with van der Waals surface area (Å²) in [7, 11) is 1.80. The van der Waals surface area contributed by atoms with E-state index in [2.05, 4.69) is 37.2 Å². The van der Waals surface area contributed by atoms with E-state index in [1.165, 1.54) is 0 Å². The second-order valence-electron chi connectivity index (χ2n) is 4.52. The van der Waals surface area contributed by atoms with Crippen molar-refractivity contribution in [2.45, 2.75) is 3.23 Å². The molecule has 98 valence electrons. The first-order valence-electron chi connectivity index (χ1n) is 5.72. The van der Waals surface area contributed by atoms with Crippen molar-refractivity contribution in [1.82, 2.24) is 9.88 Å². The predicted octanol–water partition coefficient (Wildman–Crippen LogP) is 2.59. The van der Waals surface area contributed by atoms with Crippen LogP contribution in [-0.2, 0) is 7.05 Å². The number of nitrogens with one attached hydrogen (secondary N) is 1. The van der Waals surface area contributed by atoms with Crippen molar-refractivity contribution >= 4 is 54.5 Å². The number of alkyl halides is 2. The largest absolute Gasteiger partial charge is 0.348 e. The van der Waals surface area contributed by atoms with Gasteiger partial charge in [0.1, 0.15) is 5.69 Å². The lowest BCUT2D eigenvalue weighted by atomic mass is 10.0. The zero-order valence-electron chi connectivity index (χ0n) is 10.0. The molecule has 0 aliphatic carbocycles. The van der Waals surface area contributed by atoms with Gasteiger partial charge >= 0.3 is 0 Å². The fourth-order valence-corrected chi connectivity index (χ4v) is 3.10. The fourth-order valence-electron chi connectivity index (χ4n) is 2.43.